The topological polar surface area (TPSA) is 97.2 Å². The molecule has 1 unspecified atom stereocenters. The molecule has 4 aromatic rings. The Balaban J connectivity index is 1.36. The average molecular weight is 458 g/mol. The van der Waals surface area contributed by atoms with Crippen LogP contribution in [-0.4, -0.2) is 43.2 Å². The summed E-state index contributed by atoms with van der Waals surface area (Å²) in [6.07, 6.45) is 2.38. The second kappa shape index (κ2) is 7.35. The van der Waals surface area contributed by atoms with Crippen molar-refractivity contribution in [3.63, 3.8) is 0 Å². The van der Waals surface area contributed by atoms with Gasteiger partial charge in [-0.1, -0.05) is 12.1 Å². The van der Waals surface area contributed by atoms with E-state index in [0.29, 0.717) is 18.5 Å². The molecule has 1 fully saturated rings. The highest BCUT2D eigenvalue weighted by molar-refractivity contribution is 7.16. The lowest BCUT2D eigenvalue weighted by molar-refractivity contribution is -0.136. The van der Waals surface area contributed by atoms with Crippen LogP contribution in [0.2, 0.25) is 0 Å². The van der Waals surface area contributed by atoms with Crippen LogP contribution in [0.1, 0.15) is 28.8 Å². The number of imide groups is 1. The van der Waals surface area contributed by atoms with Crippen LogP contribution in [0.3, 0.4) is 0 Å². The largest absolute Gasteiger partial charge is 0.333 e. The van der Waals surface area contributed by atoms with Crippen molar-refractivity contribution >= 4 is 39.3 Å². The molecule has 2 aromatic carbocycles. The predicted octanol–water partition coefficient (Wildman–Crippen LogP) is 3.12. The standard InChI is InChI=1S/C24H19N5O3S/c1-28-11-25-21(22(28)14-3-5-17-19(9-14)33-12-26-17)13-2-4-16-15(8-13)10-29(24(16)32)18-6-7-20(30)27-23(18)31/h2-5,8-9,11-12,18H,6-7,10H2,1H3,(H,27,30,31). The third kappa shape index (κ3) is 3.15. The van der Waals surface area contributed by atoms with E-state index < -0.39 is 11.9 Å². The molecule has 0 spiro atoms. The van der Waals surface area contributed by atoms with Crippen molar-refractivity contribution in [3.05, 3.63) is 59.4 Å². The first-order valence-corrected chi connectivity index (χ1v) is 11.5. The van der Waals surface area contributed by atoms with Crippen LogP contribution >= 0.6 is 11.3 Å². The lowest BCUT2D eigenvalue weighted by Gasteiger charge is -2.29. The zero-order valence-corrected chi connectivity index (χ0v) is 18.6. The fourth-order valence-electron chi connectivity index (χ4n) is 4.71. The number of aryl methyl sites for hydroxylation is 1. The van der Waals surface area contributed by atoms with Crippen LogP contribution in [0.15, 0.2) is 48.2 Å². The molecule has 33 heavy (non-hydrogen) atoms. The number of amides is 3. The molecule has 8 nitrogen and oxygen atoms in total. The summed E-state index contributed by atoms with van der Waals surface area (Å²) in [6.45, 7) is 0.337. The van der Waals surface area contributed by atoms with Crippen molar-refractivity contribution in [2.45, 2.75) is 25.4 Å². The molecule has 4 heterocycles. The van der Waals surface area contributed by atoms with E-state index in [1.165, 1.54) is 0 Å². The molecular formula is C24H19N5O3S. The smallest absolute Gasteiger partial charge is 0.255 e. The highest BCUT2D eigenvalue weighted by Crippen LogP contribution is 2.36. The molecule has 1 atom stereocenters. The molecule has 2 aromatic heterocycles. The van der Waals surface area contributed by atoms with Gasteiger partial charge in [0.15, 0.2) is 0 Å². The van der Waals surface area contributed by atoms with E-state index in [0.717, 1.165) is 38.3 Å². The lowest BCUT2D eigenvalue weighted by Crippen LogP contribution is -2.52. The van der Waals surface area contributed by atoms with Crippen LogP contribution in [-0.2, 0) is 23.2 Å². The van der Waals surface area contributed by atoms with Gasteiger partial charge in [-0.15, -0.1) is 11.3 Å². The van der Waals surface area contributed by atoms with E-state index in [1.54, 1.807) is 22.6 Å². The van der Waals surface area contributed by atoms with E-state index in [-0.39, 0.29) is 18.2 Å². The van der Waals surface area contributed by atoms with Gasteiger partial charge in [0.05, 0.1) is 33.4 Å². The first-order chi connectivity index (χ1) is 16.0. The van der Waals surface area contributed by atoms with E-state index in [1.807, 2.05) is 47.5 Å². The van der Waals surface area contributed by atoms with E-state index in [2.05, 4.69) is 21.4 Å². The summed E-state index contributed by atoms with van der Waals surface area (Å²) in [5.74, 6) is -0.872. The molecule has 3 amide bonds. The van der Waals surface area contributed by atoms with Gasteiger partial charge in [-0.25, -0.2) is 9.97 Å². The monoisotopic (exact) mass is 457 g/mol. The Labute approximate surface area is 192 Å². The van der Waals surface area contributed by atoms with Crippen molar-refractivity contribution < 1.29 is 14.4 Å². The number of fused-ring (bicyclic) bond motifs is 2. The summed E-state index contributed by atoms with van der Waals surface area (Å²) in [4.78, 5) is 47.4. The van der Waals surface area contributed by atoms with Crippen LogP contribution in [0.5, 0.6) is 0 Å². The van der Waals surface area contributed by atoms with Crippen molar-refractivity contribution in [1.29, 1.82) is 0 Å². The molecular weight excluding hydrogens is 438 g/mol. The fraction of sp³-hybridized carbons (Fsp3) is 0.208. The van der Waals surface area contributed by atoms with Gasteiger partial charge in [0.2, 0.25) is 11.8 Å². The van der Waals surface area contributed by atoms with E-state index in [9.17, 15) is 14.4 Å². The minimum absolute atomic E-state index is 0.178. The number of aromatic nitrogens is 3. The molecule has 0 bridgehead atoms. The summed E-state index contributed by atoms with van der Waals surface area (Å²) in [5, 5.41) is 2.34. The number of nitrogens with zero attached hydrogens (tertiary/aromatic N) is 4. The number of nitrogens with one attached hydrogen (secondary N) is 1. The number of hydrogen-bond acceptors (Lipinski definition) is 6. The molecule has 1 saturated heterocycles. The summed E-state index contributed by atoms with van der Waals surface area (Å²) < 4.78 is 3.10. The summed E-state index contributed by atoms with van der Waals surface area (Å²) in [6, 6.07) is 11.3. The molecule has 0 radical (unpaired) electrons. The van der Waals surface area contributed by atoms with Gasteiger partial charge in [-0.2, -0.15) is 0 Å². The van der Waals surface area contributed by atoms with Crippen molar-refractivity contribution in [3.8, 4) is 22.5 Å². The molecule has 2 aliphatic rings. The van der Waals surface area contributed by atoms with Crippen LogP contribution in [0.4, 0.5) is 0 Å². The Hall–Kier alpha value is -3.85. The summed E-state index contributed by atoms with van der Waals surface area (Å²) in [7, 11) is 1.96. The minimum Gasteiger partial charge on any atom is -0.333 e. The number of benzene rings is 2. The Morgan fingerprint density at radius 2 is 1.91 bits per heavy atom. The number of carbonyl (C=O) groups excluding carboxylic acids is 3. The second-order valence-electron chi connectivity index (χ2n) is 8.36. The van der Waals surface area contributed by atoms with Gasteiger partial charge in [0.1, 0.15) is 6.04 Å². The van der Waals surface area contributed by atoms with Crippen LogP contribution < -0.4 is 5.32 Å². The van der Waals surface area contributed by atoms with Crippen molar-refractivity contribution in [1.82, 2.24) is 24.8 Å². The maximum Gasteiger partial charge on any atom is 0.255 e. The molecule has 6 rings (SSSR count). The molecule has 0 saturated carbocycles. The number of carbonyl (C=O) groups is 3. The molecule has 2 aliphatic heterocycles. The maximum atomic E-state index is 13.0. The van der Waals surface area contributed by atoms with E-state index >= 15 is 0 Å². The SMILES string of the molecule is Cn1cnc(-c2ccc3c(c2)CN(C2CCC(=O)NC2=O)C3=O)c1-c1ccc2ncsc2c1. The Morgan fingerprint density at radius 3 is 2.76 bits per heavy atom. The number of thiazole rings is 1. The van der Waals surface area contributed by atoms with Gasteiger partial charge in [0.25, 0.3) is 5.91 Å². The second-order valence-corrected chi connectivity index (χ2v) is 9.25. The maximum absolute atomic E-state index is 13.0. The average Bonchev–Trinajstić information content (AvgIpc) is 3.50. The zero-order chi connectivity index (χ0) is 22.7. The van der Waals surface area contributed by atoms with Gasteiger partial charge in [-0.3, -0.25) is 19.7 Å². The quantitative estimate of drug-likeness (QED) is 0.477. The predicted molar refractivity (Wildman–Crippen MR) is 123 cm³/mol. The lowest BCUT2D eigenvalue weighted by atomic mass is 10.0. The van der Waals surface area contributed by atoms with Crippen LogP contribution in [0, 0.1) is 0 Å². The van der Waals surface area contributed by atoms with E-state index in [4.69, 9.17) is 0 Å². The number of hydrogen-bond donors (Lipinski definition) is 1. The summed E-state index contributed by atoms with van der Waals surface area (Å²) in [5.41, 5.74) is 8.02. The third-order valence-electron chi connectivity index (χ3n) is 6.34. The molecule has 164 valence electrons. The zero-order valence-electron chi connectivity index (χ0n) is 17.7. The Bertz CT molecular complexity index is 1470. The number of rotatable bonds is 3. The summed E-state index contributed by atoms with van der Waals surface area (Å²) >= 11 is 1.60. The van der Waals surface area contributed by atoms with Gasteiger partial charge in [0, 0.05) is 36.7 Å². The first kappa shape index (κ1) is 19.8. The van der Waals surface area contributed by atoms with Gasteiger partial charge >= 0.3 is 0 Å². The Kier molecular flexibility index (Phi) is 4.41. The van der Waals surface area contributed by atoms with Gasteiger partial charge < -0.3 is 9.47 Å². The van der Waals surface area contributed by atoms with Crippen molar-refractivity contribution in [2.75, 3.05) is 0 Å². The molecule has 1 N–H and O–H groups in total. The normalized spacial score (nSPS) is 18.2. The molecule has 9 heteroatoms. The van der Waals surface area contributed by atoms with Gasteiger partial charge in [-0.05, 0) is 36.2 Å². The third-order valence-corrected chi connectivity index (χ3v) is 7.13. The highest BCUT2D eigenvalue weighted by atomic mass is 32.1. The first-order valence-electron chi connectivity index (χ1n) is 10.6. The highest BCUT2D eigenvalue weighted by Gasteiger charge is 2.39. The Morgan fingerprint density at radius 1 is 1.06 bits per heavy atom. The number of imidazole rings is 1. The fourth-order valence-corrected chi connectivity index (χ4v) is 5.42. The van der Waals surface area contributed by atoms with Crippen molar-refractivity contribution in [2.24, 2.45) is 7.05 Å². The van der Waals surface area contributed by atoms with Crippen LogP contribution in [0.25, 0.3) is 32.7 Å². The molecule has 0 aliphatic carbocycles. The minimum atomic E-state index is -0.623. The number of piperidine rings is 1.